The standard InChI is InChI=1S/C24H25BrF2N4O5S/c1-2-35-24(34)20-18(11-31-9-14(27)7-15(10-31)36-12-19(32)33)29-22(23-28-5-6-37-23)30-21(20)16-4-3-13(26)8-17(16)25/h3-6,8,14-15,21H,2,7,9-12H2,1H3,(H,29,30)(H,32,33)/t14?,15?,21-/m0/s1. The van der Waals surface area contributed by atoms with Gasteiger partial charge in [-0.15, -0.1) is 11.3 Å². The molecule has 0 saturated carbocycles. The van der Waals surface area contributed by atoms with Crippen molar-refractivity contribution >= 4 is 45.0 Å². The second kappa shape index (κ2) is 12.2. The Morgan fingerprint density at radius 2 is 2.16 bits per heavy atom. The molecule has 9 nitrogen and oxygen atoms in total. The number of carboxylic acid groups (broad SMARTS) is 1. The molecule has 0 spiro atoms. The second-order valence-corrected chi connectivity index (χ2v) is 10.2. The maximum atomic E-state index is 14.6. The summed E-state index contributed by atoms with van der Waals surface area (Å²) < 4.78 is 39.6. The van der Waals surface area contributed by atoms with Crippen LogP contribution in [0.3, 0.4) is 0 Å². The highest BCUT2D eigenvalue weighted by molar-refractivity contribution is 9.10. The predicted octanol–water partition coefficient (Wildman–Crippen LogP) is 3.47. The molecule has 0 bridgehead atoms. The van der Waals surface area contributed by atoms with Gasteiger partial charge in [0.05, 0.1) is 18.3 Å². The molecule has 3 heterocycles. The first-order valence-electron chi connectivity index (χ1n) is 11.5. The molecule has 0 aliphatic carbocycles. The highest BCUT2D eigenvalue weighted by Gasteiger charge is 2.36. The first-order chi connectivity index (χ1) is 17.7. The van der Waals surface area contributed by atoms with Gasteiger partial charge in [0.25, 0.3) is 0 Å². The molecule has 0 amide bonds. The number of hydrogen-bond donors (Lipinski definition) is 2. The fourth-order valence-corrected chi connectivity index (χ4v) is 5.46. The topological polar surface area (TPSA) is 113 Å². The number of rotatable bonds is 9. The fraction of sp³-hybridized carbons (Fsp3) is 0.417. The van der Waals surface area contributed by atoms with Gasteiger partial charge < -0.3 is 19.9 Å². The van der Waals surface area contributed by atoms with Crippen LogP contribution in [0.5, 0.6) is 0 Å². The zero-order chi connectivity index (χ0) is 26.5. The third-order valence-electron chi connectivity index (χ3n) is 5.77. The number of carbonyl (C=O) groups is 2. The van der Waals surface area contributed by atoms with Crippen LogP contribution in [0.1, 0.15) is 30.0 Å². The van der Waals surface area contributed by atoms with Crippen molar-refractivity contribution in [1.82, 2.24) is 15.2 Å². The Hall–Kier alpha value is -2.74. The van der Waals surface area contributed by atoms with E-state index >= 15 is 0 Å². The van der Waals surface area contributed by atoms with Gasteiger partial charge in [-0.2, -0.15) is 0 Å². The summed E-state index contributed by atoms with van der Waals surface area (Å²) in [6.07, 6.45) is -0.154. The van der Waals surface area contributed by atoms with Crippen LogP contribution >= 0.6 is 27.3 Å². The lowest BCUT2D eigenvalue weighted by molar-refractivity contribution is -0.146. The molecule has 3 atom stereocenters. The number of nitrogens with zero attached hydrogens (tertiary/aromatic N) is 3. The SMILES string of the molecule is CCOC(=O)C1=C(CN2CC(F)CC(OCC(=O)O)C2)NC(c2nccs2)=N[C@H]1c1ccc(F)cc1Br. The number of carboxylic acids is 1. The van der Waals surface area contributed by atoms with E-state index in [2.05, 4.69) is 26.2 Å². The normalized spacial score (nSPS) is 22.4. The summed E-state index contributed by atoms with van der Waals surface area (Å²) in [5.41, 5.74) is 1.19. The Bertz CT molecular complexity index is 1210. The third-order valence-corrected chi connectivity index (χ3v) is 7.24. The Morgan fingerprint density at radius 3 is 2.84 bits per heavy atom. The average Bonchev–Trinajstić information content (AvgIpc) is 3.37. The number of alkyl halides is 1. The zero-order valence-corrected chi connectivity index (χ0v) is 22.2. The number of ether oxygens (including phenoxy) is 2. The number of aliphatic imine (C=N–C) groups is 1. The van der Waals surface area contributed by atoms with Gasteiger partial charge in [0.15, 0.2) is 10.8 Å². The Morgan fingerprint density at radius 1 is 1.35 bits per heavy atom. The molecule has 2 unspecified atom stereocenters. The van der Waals surface area contributed by atoms with Gasteiger partial charge in [-0.25, -0.2) is 23.4 Å². The van der Waals surface area contributed by atoms with Crippen LogP contribution < -0.4 is 5.32 Å². The van der Waals surface area contributed by atoms with Crippen LogP contribution in [0.25, 0.3) is 0 Å². The van der Waals surface area contributed by atoms with Gasteiger partial charge in [0.1, 0.15) is 24.6 Å². The molecule has 4 rings (SSSR count). The zero-order valence-electron chi connectivity index (χ0n) is 19.8. The molecule has 1 fully saturated rings. The van der Waals surface area contributed by atoms with Gasteiger partial charge in [0.2, 0.25) is 0 Å². The number of carbonyl (C=O) groups excluding carboxylic acids is 1. The van der Waals surface area contributed by atoms with E-state index in [4.69, 9.17) is 19.6 Å². The van der Waals surface area contributed by atoms with Crippen LogP contribution in [-0.2, 0) is 19.1 Å². The number of aromatic nitrogens is 1. The van der Waals surface area contributed by atoms with E-state index in [9.17, 15) is 18.4 Å². The molecule has 1 aromatic carbocycles. The summed E-state index contributed by atoms with van der Waals surface area (Å²) in [6.45, 7) is 1.73. The van der Waals surface area contributed by atoms with Crippen molar-refractivity contribution in [1.29, 1.82) is 0 Å². The molecule has 2 aromatic rings. The minimum Gasteiger partial charge on any atom is -0.480 e. The number of thiazole rings is 1. The van der Waals surface area contributed by atoms with E-state index in [1.807, 2.05) is 0 Å². The minimum atomic E-state index is -1.24. The minimum absolute atomic E-state index is 0.0723. The van der Waals surface area contributed by atoms with Crippen molar-refractivity contribution in [2.24, 2.45) is 4.99 Å². The summed E-state index contributed by atoms with van der Waals surface area (Å²) >= 11 is 4.74. The first kappa shape index (κ1) is 27.3. The molecule has 37 heavy (non-hydrogen) atoms. The largest absolute Gasteiger partial charge is 0.480 e. The number of likely N-dealkylation sites (tertiary alicyclic amines) is 1. The molecule has 2 aliphatic heterocycles. The van der Waals surface area contributed by atoms with Gasteiger partial charge >= 0.3 is 11.9 Å². The molecular weight excluding hydrogens is 574 g/mol. The molecule has 2 N–H and O–H groups in total. The lowest BCUT2D eigenvalue weighted by atomic mass is 9.95. The van der Waals surface area contributed by atoms with Crippen molar-refractivity contribution in [3.8, 4) is 0 Å². The van der Waals surface area contributed by atoms with Crippen molar-refractivity contribution in [2.75, 3.05) is 32.8 Å². The second-order valence-electron chi connectivity index (χ2n) is 8.47. The van der Waals surface area contributed by atoms with E-state index in [1.54, 1.807) is 29.5 Å². The summed E-state index contributed by atoms with van der Waals surface area (Å²) in [5, 5.41) is 14.5. The number of hydrogen-bond acceptors (Lipinski definition) is 9. The number of piperidine rings is 1. The van der Waals surface area contributed by atoms with Crippen molar-refractivity contribution in [3.05, 3.63) is 61.9 Å². The molecule has 198 valence electrons. The lowest BCUT2D eigenvalue weighted by Crippen LogP contribution is -2.48. The average molecular weight is 599 g/mol. The van der Waals surface area contributed by atoms with Gasteiger partial charge in [-0.05, 0) is 24.6 Å². The van der Waals surface area contributed by atoms with E-state index in [-0.39, 0.29) is 38.2 Å². The fourth-order valence-electron chi connectivity index (χ4n) is 4.31. The highest BCUT2D eigenvalue weighted by atomic mass is 79.9. The number of nitrogens with one attached hydrogen (secondary N) is 1. The van der Waals surface area contributed by atoms with Gasteiger partial charge in [0, 0.05) is 47.8 Å². The summed E-state index contributed by atoms with van der Waals surface area (Å²) in [7, 11) is 0. The Kier molecular flexibility index (Phi) is 9.00. The quantitative estimate of drug-likeness (QED) is 0.422. The highest BCUT2D eigenvalue weighted by Crippen LogP contribution is 2.37. The van der Waals surface area contributed by atoms with E-state index in [0.717, 1.165) is 0 Å². The molecule has 0 radical (unpaired) electrons. The lowest BCUT2D eigenvalue weighted by Gasteiger charge is -2.36. The van der Waals surface area contributed by atoms with E-state index < -0.39 is 42.7 Å². The summed E-state index contributed by atoms with van der Waals surface area (Å²) in [6, 6.07) is 3.27. The molecule has 13 heteroatoms. The van der Waals surface area contributed by atoms with Crippen molar-refractivity contribution in [2.45, 2.75) is 31.7 Å². The van der Waals surface area contributed by atoms with Crippen LogP contribution in [0.2, 0.25) is 0 Å². The third kappa shape index (κ3) is 6.78. The maximum absolute atomic E-state index is 14.6. The molecule has 2 aliphatic rings. The van der Waals surface area contributed by atoms with E-state index in [1.165, 1.54) is 23.5 Å². The Labute approximate surface area is 224 Å². The number of benzene rings is 1. The monoisotopic (exact) mass is 598 g/mol. The van der Waals surface area contributed by atoms with E-state index in [0.29, 0.717) is 26.6 Å². The molecule has 1 aromatic heterocycles. The number of esters is 1. The number of amidine groups is 1. The number of halogens is 3. The molecular formula is C24H25BrF2N4O5S. The first-order valence-corrected chi connectivity index (χ1v) is 13.2. The maximum Gasteiger partial charge on any atom is 0.338 e. The van der Waals surface area contributed by atoms with Gasteiger partial charge in [-0.1, -0.05) is 22.0 Å². The summed E-state index contributed by atoms with van der Waals surface area (Å²) in [4.78, 5) is 35.0. The van der Waals surface area contributed by atoms with Gasteiger partial charge in [-0.3, -0.25) is 9.89 Å². The molecule has 1 saturated heterocycles. The predicted molar refractivity (Wildman–Crippen MR) is 136 cm³/mol. The Balaban J connectivity index is 1.73. The van der Waals surface area contributed by atoms with Crippen molar-refractivity contribution < 1.29 is 33.0 Å². The van der Waals surface area contributed by atoms with Crippen LogP contribution in [0, 0.1) is 5.82 Å². The van der Waals surface area contributed by atoms with Crippen LogP contribution in [-0.4, -0.2) is 77.9 Å². The number of aliphatic carboxylic acids is 1. The summed E-state index contributed by atoms with van der Waals surface area (Å²) in [5.74, 6) is -1.79. The van der Waals surface area contributed by atoms with Crippen LogP contribution in [0.15, 0.2) is 50.5 Å². The smallest absolute Gasteiger partial charge is 0.338 e. The van der Waals surface area contributed by atoms with Crippen LogP contribution in [0.4, 0.5) is 8.78 Å². The van der Waals surface area contributed by atoms with Crippen molar-refractivity contribution in [3.63, 3.8) is 0 Å².